The maximum atomic E-state index is 12.2. The molecule has 4 nitrogen and oxygen atoms in total. The van der Waals surface area contributed by atoms with E-state index in [1.165, 1.54) is 28.2 Å². The zero-order valence-corrected chi connectivity index (χ0v) is 11.2. The lowest BCUT2D eigenvalue weighted by atomic mass is 10.2. The fraction of sp³-hybridized carbons (Fsp3) is 0. The Kier molecular flexibility index (Phi) is 3.26. The molecule has 0 bridgehead atoms. The van der Waals surface area contributed by atoms with Crippen LogP contribution in [0.2, 0.25) is 0 Å². The number of aromatic nitrogens is 2. The second-order valence-electron chi connectivity index (χ2n) is 4.11. The van der Waals surface area contributed by atoms with Gasteiger partial charge in [-0.05, 0) is 29.6 Å². The van der Waals surface area contributed by atoms with Crippen molar-refractivity contribution in [2.24, 2.45) is 0 Å². The van der Waals surface area contributed by atoms with E-state index >= 15 is 0 Å². The molecule has 0 atom stereocenters. The van der Waals surface area contributed by atoms with Gasteiger partial charge in [-0.1, -0.05) is 24.3 Å². The number of para-hydroxylation sites is 1. The number of hydrogen-bond donors (Lipinski definition) is 0. The first-order chi connectivity index (χ1) is 9.75. The molecule has 1 aromatic carbocycles. The van der Waals surface area contributed by atoms with Crippen molar-refractivity contribution in [2.45, 2.75) is 0 Å². The molecule has 0 radical (unpaired) electrons. The van der Waals surface area contributed by atoms with E-state index in [0.717, 1.165) is 0 Å². The molecule has 2 heterocycles. The summed E-state index contributed by atoms with van der Waals surface area (Å²) in [5.74, 6) is -0.176. The minimum absolute atomic E-state index is 0.176. The van der Waals surface area contributed by atoms with Gasteiger partial charge in [-0.25, -0.2) is 0 Å². The Labute approximate surface area is 118 Å². The molecular formula is C15H10N2O2S. The van der Waals surface area contributed by atoms with Gasteiger partial charge < -0.3 is 0 Å². The highest BCUT2D eigenvalue weighted by Crippen LogP contribution is 2.13. The van der Waals surface area contributed by atoms with Gasteiger partial charge in [0.1, 0.15) is 5.69 Å². The summed E-state index contributed by atoms with van der Waals surface area (Å²) in [6.45, 7) is 0. The molecule has 0 aliphatic carbocycles. The molecule has 0 aliphatic rings. The second-order valence-corrected chi connectivity index (χ2v) is 5.06. The summed E-state index contributed by atoms with van der Waals surface area (Å²) in [4.78, 5) is 24.7. The van der Waals surface area contributed by atoms with Crippen LogP contribution in [0.15, 0.2) is 64.8 Å². The van der Waals surface area contributed by atoms with Gasteiger partial charge in [0.05, 0.1) is 10.6 Å². The summed E-state index contributed by atoms with van der Waals surface area (Å²) < 4.78 is 1.24. The van der Waals surface area contributed by atoms with E-state index in [2.05, 4.69) is 5.10 Å². The summed E-state index contributed by atoms with van der Waals surface area (Å²) in [7, 11) is 0. The van der Waals surface area contributed by atoms with Crippen LogP contribution in [-0.4, -0.2) is 15.6 Å². The van der Waals surface area contributed by atoms with Crippen LogP contribution in [-0.2, 0) is 0 Å². The van der Waals surface area contributed by atoms with Crippen LogP contribution in [0.5, 0.6) is 0 Å². The summed E-state index contributed by atoms with van der Waals surface area (Å²) >= 11 is 1.35. The molecular weight excluding hydrogens is 272 g/mol. The first-order valence-electron chi connectivity index (χ1n) is 6.00. The summed E-state index contributed by atoms with van der Waals surface area (Å²) in [6, 6.07) is 15.4. The lowest BCUT2D eigenvalue weighted by molar-refractivity contribution is 0.103. The predicted molar refractivity (Wildman–Crippen MR) is 77.6 cm³/mol. The van der Waals surface area contributed by atoms with E-state index in [1.54, 1.807) is 18.2 Å². The summed E-state index contributed by atoms with van der Waals surface area (Å²) in [6.07, 6.45) is 0. The number of carbonyl (C=O) groups excluding carboxylic acids is 1. The standard InChI is InChI=1S/C15H10N2O2S/c18-14-9-8-12(15(19)13-7-4-10-20-13)16-17(14)11-5-2-1-3-6-11/h1-10H. The largest absolute Gasteiger partial charge is 0.286 e. The van der Waals surface area contributed by atoms with Gasteiger partial charge in [0, 0.05) is 6.07 Å². The first kappa shape index (κ1) is 12.5. The molecule has 0 spiro atoms. The Morgan fingerprint density at radius 1 is 1.00 bits per heavy atom. The van der Waals surface area contributed by atoms with Crippen molar-refractivity contribution in [3.63, 3.8) is 0 Å². The van der Waals surface area contributed by atoms with Gasteiger partial charge in [0.2, 0.25) is 5.78 Å². The normalized spacial score (nSPS) is 10.4. The Balaban J connectivity index is 2.08. The maximum absolute atomic E-state index is 12.2. The number of rotatable bonds is 3. The fourth-order valence-corrected chi connectivity index (χ4v) is 2.49. The van der Waals surface area contributed by atoms with Crippen LogP contribution < -0.4 is 5.56 Å². The van der Waals surface area contributed by atoms with Crippen LogP contribution in [0, 0.1) is 0 Å². The molecule has 2 aromatic heterocycles. The van der Waals surface area contributed by atoms with Crippen molar-refractivity contribution in [3.05, 3.63) is 80.9 Å². The Morgan fingerprint density at radius 3 is 2.50 bits per heavy atom. The lowest BCUT2D eigenvalue weighted by Gasteiger charge is -2.05. The van der Waals surface area contributed by atoms with Crippen LogP contribution in [0.25, 0.3) is 5.69 Å². The Hall–Kier alpha value is -2.53. The van der Waals surface area contributed by atoms with Crippen molar-refractivity contribution >= 4 is 17.1 Å². The zero-order chi connectivity index (χ0) is 13.9. The van der Waals surface area contributed by atoms with Crippen LogP contribution in [0.4, 0.5) is 0 Å². The minimum atomic E-state index is -0.265. The van der Waals surface area contributed by atoms with Crippen LogP contribution in [0.1, 0.15) is 15.4 Å². The third-order valence-corrected chi connectivity index (χ3v) is 3.65. The molecule has 0 saturated heterocycles. The van der Waals surface area contributed by atoms with Gasteiger partial charge in [0.15, 0.2) is 0 Å². The summed E-state index contributed by atoms with van der Waals surface area (Å²) in [5, 5.41) is 5.99. The van der Waals surface area contributed by atoms with E-state index in [0.29, 0.717) is 10.6 Å². The van der Waals surface area contributed by atoms with Gasteiger partial charge in [-0.15, -0.1) is 11.3 Å². The van der Waals surface area contributed by atoms with Crippen molar-refractivity contribution < 1.29 is 4.79 Å². The van der Waals surface area contributed by atoms with Gasteiger partial charge in [-0.2, -0.15) is 9.78 Å². The fourth-order valence-electron chi connectivity index (χ4n) is 1.82. The number of nitrogens with zero attached hydrogens (tertiary/aromatic N) is 2. The molecule has 0 N–H and O–H groups in total. The molecule has 98 valence electrons. The highest BCUT2D eigenvalue weighted by Gasteiger charge is 2.13. The molecule has 0 saturated carbocycles. The number of benzene rings is 1. The third-order valence-electron chi connectivity index (χ3n) is 2.78. The molecule has 20 heavy (non-hydrogen) atoms. The average molecular weight is 282 g/mol. The molecule has 0 aliphatic heterocycles. The highest BCUT2D eigenvalue weighted by atomic mass is 32.1. The second kappa shape index (κ2) is 5.22. The number of hydrogen-bond acceptors (Lipinski definition) is 4. The SMILES string of the molecule is O=C(c1ccc(=O)n(-c2ccccc2)n1)c1cccs1. The van der Waals surface area contributed by atoms with E-state index in [4.69, 9.17) is 0 Å². The van der Waals surface area contributed by atoms with E-state index in [1.807, 2.05) is 29.6 Å². The molecule has 0 amide bonds. The van der Waals surface area contributed by atoms with Crippen molar-refractivity contribution in [1.82, 2.24) is 9.78 Å². The maximum Gasteiger partial charge on any atom is 0.271 e. The Bertz CT molecular complexity index is 792. The van der Waals surface area contributed by atoms with E-state index in [-0.39, 0.29) is 17.0 Å². The predicted octanol–water partition coefficient (Wildman–Crippen LogP) is 2.53. The van der Waals surface area contributed by atoms with E-state index < -0.39 is 0 Å². The summed E-state index contributed by atoms with van der Waals surface area (Å²) in [5.41, 5.74) is 0.633. The average Bonchev–Trinajstić information content (AvgIpc) is 3.02. The monoisotopic (exact) mass is 282 g/mol. The topological polar surface area (TPSA) is 52.0 Å². The molecule has 5 heteroatoms. The third kappa shape index (κ3) is 2.31. The number of ketones is 1. The highest BCUT2D eigenvalue weighted by molar-refractivity contribution is 7.12. The van der Waals surface area contributed by atoms with Crippen molar-refractivity contribution in [2.75, 3.05) is 0 Å². The number of thiophene rings is 1. The van der Waals surface area contributed by atoms with Crippen LogP contribution in [0.3, 0.4) is 0 Å². The van der Waals surface area contributed by atoms with Crippen molar-refractivity contribution in [3.8, 4) is 5.69 Å². The lowest BCUT2D eigenvalue weighted by Crippen LogP contribution is -2.22. The Morgan fingerprint density at radius 2 is 1.80 bits per heavy atom. The smallest absolute Gasteiger partial charge is 0.271 e. The molecule has 3 rings (SSSR count). The quantitative estimate of drug-likeness (QED) is 0.694. The van der Waals surface area contributed by atoms with Crippen LogP contribution >= 0.6 is 11.3 Å². The van der Waals surface area contributed by atoms with Gasteiger partial charge in [0.25, 0.3) is 5.56 Å². The molecule has 3 aromatic rings. The van der Waals surface area contributed by atoms with Crippen molar-refractivity contribution in [1.29, 1.82) is 0 Å². The number of carbonyl (C=O) groups is 1. The first-order valence-corrected chi connectivity index (χ1v) is 6.88. The zero-order valence-electron chi connectivity index (χ0n) is 10.4. The van der Waals surface area contributed by atoms with Gasteiger partial charge in [-0.3, -0.25) is 9.59 Å². The molecule has 0 unspecified atom stereocenters. The molecule has 0 fully saturated rings. The van der Waals surface area contributed by atoms with Gasteiger partial charge >= 0.3 is 0 Å². The van der Waals surface area contributed by atoms with E-state index in [9.17, 15) is 9.59 Å². The minimum Gasteiger partial charge on any atom is -0.286 e.